The van der Waals surface area contributed by atoms with Gasteiger partial charge in [0, 0.05) is 32.1 Å². The van der Waals surface area contributed by atoms with Crippen molar-refractivity contribution < 1.29 is 14.4 Å². The molecule has 0 radical (unpaired) electrons. The SMILES string of the molecule is Cc1cc(NC(=O)CCN2CC(O)(C(C)C)C2)no1. The molecule has 1 amide bonds. The number of β-amino-alcohol motifs (C(OH)–C–C–N with tert-alkyl or cyclic N) is 1. The van der Waals surface area contributed by atoms with Crippen LogP contribution in [0, 0.1) is 12.8 Å². The van der Waals surface area contributed by atoms with Crippen LogP contribution in [0.2, 0.25) is 0 Å². The fourth-order valence-electron chi connectivity index (χ4n) is 2.14. The minimum absolute atomic E-state index is 0.0895. The Morgan fingerprint density at radius 1 is 1.63 bits per heavy atom. The molecule has 6 nitrogen and oxygen atoms in total. The number of hydrogen-bond donors (Lipinski definition) is 2. The number of nitrogens with zero attached hydrogens (tertiary/aromatic N) is 2. The zero-order valence-electron chi connectivity index (χ0n) is 11.6. The van der Waals surface area contributed by atoms with E-state index in [-0.39, 0.29) is 11.8 Å². The van der Waals surface area contributed by atoms with Gasteiger partial charge in [-0.15, -0.1) is 0 Å². The Kier molecular flexibility index (Phi) is 3.91. The predicted molar refractivity (Wildman–Crippen MR) is 70.7 cm³/mol. The molecule has 0 aromatic carbocycles. The third kappa shape index (κ3) is 3.33. The molecule has 0 unspecified atom stereocenters. The lowest BCUT2D eigenvalue weighted by molar-refractivity contribution is -0.132. The second-order valence-corrected chi connectivity index (χ2v) is 5.59. The van der Waals surface area contributed by atoms with Gasteiger partial charge in [-0.05, 0) is 12.8 Å². The molecule has 2 heterocycles. The Bertz CT molecular complexity index is 450. The Morgan fingerprint density at radius 2 is 2.32 bits per heavy atom. The third-order valence-corrected chi connectivity index (χ3v) is 3.62. The maximum Gasteiger partial charge on any atom is 0.226 e. The maximum atomic E-state index is 11.7. The lowest BCUT2D eigenvalue weighted by Gasteiger charge is -2.49. The van der Waals surface area contributed by atoms with Crippen LogP contribution in [-0.4, -0.2) is 46.3 Å². The summed E-state index contributed by atoms with van der Waals surface area (Å²) >= 11 is 0. The highest BCUT2D eigenvalue weighted by Crippen LogP contribution is 2.28. The van der Waals surface area contributed by atoms with Crippen molar-refractivity contribution in [2.45, 2.75) is 32.8 Å². The quantitative estimate of drug-likeness (QED) is 0.832. The minimum Gasteiger partial charge on any atom is -0.387 e. The molecule has 2 rings (SSSR count). The van der Waals surface area contributed by atoms with Crippen LogP contribution in [-0.2, 0) is 4.79 Å². The summed E-state index contributed by atoms with van der Waals surface area (Å²) in [6, 6.07) is 1.68. The molecule has 106 valence electrons. The molecule has 2 N–H and O–H groups in total. The van der Waals surface area contributed by atoms with E-state index in [1.165, 1.54) is 0 Å². The van der Waals surface area contributed by atoms with Gasteiger partial charge >= 0.3 is 0 Å². The van der Waals surface area contributed by atoms with Crippen molar-refractivity contribution in [2.75, 3.05) is 25.0 Å². The summed E-state index contributed by atoms with van der Waals surface area (Å²) in [6.45, 7) is 7.73. The molecule has 1 saturated heterocycles. The van der Waals surface area contributed by atoms with E-state index >= 15 is 0 Å². The van der Waals surface area contributed by atoms with Crippen molar-refractivity contribution >= 4 is 11.7 Å². The van der Waals surface area contributed by atoms with Gasteiger partial charge in [-0.2, -0.15) is 0 Å². The van der Waals surface area contributed by atoms with Gasteiger partial charge in [0.15, 0.2) is 5.82 Å². The number of carbonyl (C=O) groups is 1. The molecule has 1 fully saturated rings. The number of rotatable bonds is 5. The van der Waals surface area contributed by atoms with Gasteiger partial charge in [0.1, 0.15) is 5.76 Å². The predicted octanol–water partition coefficient (Wildman–Crippen LogP) is 1.01. The van der Waals surface area contributed by atoms with Crippen LogP contribution < -0.4 is 5.32 Å². The van der Waals surface area contributed by atoms with Crippen LogP contribution in [0.15, 0.2) is 10.6 Å². The molecular formula is C13H21N3O3. The zero-order chi connectivity index (χ0) is 14.0. The molecule has 6 heteroatoms. The molecule has 0 spiro atoms. The van der Waals surface area contributed by atoms with Crippen LogP contribution in [0.25, 0.3) is 0 Å². The average Bonchev–Trinajstić information content (AvgIpc) is 2.68. The van der Waals surface area contributed by atoms with Gasteiger partial charge in [-0.1, -0.05) is 19.0 Å². The number of anilines is 1. The fraction of sp³-hybridized carbons (Fsp3) is 0.692. The van der Waals surface area contributed by atoms with Crippen LogP contribution in [0.3, 0.4) is 0 Å². The van der Waals surface area contributed by atoms with E-state index in [9.17, 15) is 9.90 Å². The first-order valence-electron chi connectivity index (χ1n) is 6.57. The molecule has 0 bridgehead atoms. The Morgan fingerprint density at radius 3 is 2.84 bits per heavy atom. The number of amides is 1. The summed E-state index contributed by atoms with van der Waals surface area (Å²) in [4.78, 5) is 13.8. The molecule has 1 aliphatic rings. The van der Waals surface area contributed by atoms with Crippen molar-refractivity contribution in [3.8, 4) is 0 Å². The van der Waals surface area contributed by atoms with E-state index in [2.05, 4.69) is 15.4 Å². The first-order chi connectivity index (χ1) is 8.89. The highest BCUT2D eigenvalue weighted by molar-refractivity contribution is 5.89. The number of likely N-dealkylation sites (tertiary alicyclic amines) is 1. The molecule has 1 aromatic heterocycles. The highest BCUT2D eigenvalue weighted by atomic mass is 16.5. The van der Waals surface area contributed by atoms with E-state index in [1.807, 2.05) is 13.8 Å². The van der Waals surface area contributed by atoms with E-state index in [4.69, 9.17) is 4.52 Å². The minimum atomic E-state index is -0.584. The summed E-state index contributed by atoms with van der Waals surface area (Å²) in [7, 11) is 0. The van der Waals surface area contributed by atoms with E-state index in [0.29, 0.717) is 37.6 Å². The van der Waals surface area contributed by atoms with Crippen LogP contribution in [0.4, 0.5) is 5.82 Å². The highest BCUT2D eigenvalue weighted by Gasteiger charge is 2.43. The lowest BCUT2D eigenvalue weighted by atomic mass is 9.83. The summed E-state index contributed by atoms with van der Waals surface area (Å²) in [5.41, 5.74) is -0.584. The van der Waals surface area contributed by atoms with Crippen LogP contribution >= 0.6 is 0 Å². The van der Waals surface area contributed by atoms with Gasteiger partial charge in [-0.25, -0.2) is 0 Å². The summed E-state index contributed by atoms with van der Waals surface area (Å²) in [6.07, 6.45) is 0.389. The second-order valence-electron chi connectivity index (χ2n) is 5.59. The van der Waals surface area contributed by atoms with E-state index < -0.39 is 5.60 Å². The zero-order valence-corrected chi connectivity index (χ0v) is 11.6. The number of aromatic nitrogens is 1. The van der Waals surface area contributed by atoms with Gasteiger partial charge in [0.25, 0.3) is 0 Å². The van der Waals surface area contributed by atoms with Gasteiger partial charge in [0.05, 0.1) is 5.60 Å². The number of aliphatic hydroxyl groups is 1. The number of hydrogen-bond acceptors (Lipinski definition) is 5. The molecule has 1 aromatic rings. The Hall–Kier alpha value is -1.40. The summed E-state index contributed by atoms with van der Waals surface area (Å²) < 4.78 is 4.87. The largest absolute Gasteiger partial charge is 0.387 e. The third-order valence-electron chi connectivity index (χ3n) is 3.62. The van der Waals surface area contributed by atoms with Crippen molar-refractivity contribution in [2.24, 2.45) is 5.92 Å². The maximum absolute atomic E-state index is 11.7. The molecule has 0 atom stereocenters. The van der Waals surface area contributed by atoms with Crippen molar-refractivity contribution in [1.82, 2.24) is 10.1 Å². The van der Waals surface area contributed by atoms with Crippen molar-refractivity contribution in [1.29, 1.82) is 0 Å². The van der Waals surface area contributed by atoms with Gasteiger partial charge in [-0.3, -0.25) is 9.69 Å². The lowest BCUT2D eigenvalue weighted by Crippen LogP contribution is -2.64. The molecule has 0 saturated carbocycles. The molecule has 0 aliphatic carbocycles. The van der Waals surface area contributed by atoms with Crippen LogP contribution in [0.5, 0.6) is 0 Å². The summed E-state index contributed by atoms with van der Waals surface area (Å²) in [5, 5.41) is 16.5. The Balaban J connectivity index is 1.68. The van der Waals surface area contributed by atoms with E-state index in [0.717, 1.165) is 0 Å². The summed E-state index contributed by atoms with van der Waals surface area (Å²) in [5.74, 6) is 1.27. The number of nitrogens with one attached hydrogen (secondary N) is 1. The van der Waals surface area contributed by atoms with Crippen molar-refractivity contribution in [3.05, 3.63) is 11.8 Å². The standard InChI is InChI=1S/C13H21N3O3/c1-9(2)13(18)7-16(8-13)5-4-12(17)14-11-6-10(3)19-15-11/h6,9,18H,4-5,7-8H2,1-3H3,(H,14,15,17). The molecular weight excluding hydrogens is 246 g/mol. The van der Waals surface area contributed by atoms with Crippen molar-refractivity contribution in [3.63, 3.8) is 0 Å². The first kappa shape index (κ1) is 14.0. The van der Waals surface area contributed by atoms with Gasteiger partial charge in [0.2, 0.25) is 5.91 Å². The number of carbonyl (C=O) groups excluding carboxylic acids is 1. The smallest absolute Gasteiger partial charge is 0.226 e. The second kappa shape index (κ2) is 5.30. The Labute approximate surface area is 112 Å². The molecule has 19 heavy (non-hydrogen) atoms. The number of aryl methyl sites for hydroxylation is 1. The average molecular weight is 267 g/mol. The first-order valence-corrected chi connectivity index (χ1v) is 6.57. The fourth-order valence-corrected chi connectivity index (χ4v) is 2.14. The van der Waals surface area contributed by atoms with Gasteiger partial charge < -0.3 is 14.9 Å². The van der Waals surface area contributed by atoms with Crippen LogP contribution in [0.1, 0.15) is 26.0 Å². The monoisotopic (exact) mass is 267 g/mol. The normalized spacial score (nSPS) is 18.4. The molecule has 1 aliphatic heterocycles. The topological polar surface area (TPSA) is 78.6 Å². The van der Waals surface area contributed by atoms with E-state index in [1.54, 1.807) is 13.0 Å².